The van der Waals surface area contributed by atoms with Crippen molar-refractivity contribution in [1.29, 1.82) is 0 Å². The van der Waals surface area contributed by atoms with E-state index in [2.05, 4.69) is 157 Å². The number of nitrogens with zero attached hydrogens (tertiary/aromatic N) is 13. The molecule has 7 aromatic heterocycles. The van der Waals surface area contributed by atoms with Gasteiger partial charge in [-0.3, -0.25) is 48.8 Å². The van der Waals surface area contributed by atoms with Crippen LogP contribution in [0.5, 0.6) is 0 Å². The molecule has 0 spiro atoms. The van der Waals surface area contributed by atoms with Gasteiger partial charge in [0.2, 0.25) is 0 Å². The summed E-state index contributed by atoms with van der Waals surface area (Å²) in [4.78, 5) is 92.2. The van der Waals surface area contributed by atoms with Gasteiger partial charge >= 0.3 is 5.97 Å². The summed E-state index contributed by atoms with van der Waals surface area (Å²) in [6, 6.07) is 36.6. The third-order valence-corrected chi connectivity index (χ3v) is 17.3. The van der Waals surface area contributed by atoms with Crippen molar-refractivity contribution in [3.8, 4) is 11.4 Å². The normalized spacial score (nSPS) is 18.6. The molecule has 0 bridgehead atoms. The van der Waals surface area contributed by atoms with Crippen molar-refractivity contribution in [3.05, 3.63) is 257 Å². The number of imidazole rings is 1. The average molecular weight is 1270 g/mol. The number of aryl methyl sites for hydroxylation is 3. The highest BCUT2D eigenvalue weighted by atomic mass is 16.4. The van der Waals surface area contributed by atoms with E-state index in [9.17, 15) is 24.0 Å². The van der Waals surface area contributed by atoms with Crippen LogP contribution in [0, 0.1) is 38.5 Å². The standard InChI is InChI=1S/C23H26N6O2.C23H24N6O.C16H21N5O.C7H7NO2.CH4/c1-15-8-9-24-10-18(15)22(30)25-11-20-23(31)26-21(28-27-20)19-14-29(12-16(19)2)13-17-6-4-3-5-7-17;1-15-8-9-24-10-18(15)22-25-11-20-23(30)26-21(27-29(20)22)19-14-28(12-16(19)2)13-17-6-4-3-5-7-17;1-11-8-21(9-12-5-3-2-4-6-12)10-13(11)15-18-16(22)14(7-17)19-20-15;1-5-2-3-8-4-6(5)7(9)10;/h3-10,16,19H,11-14H2,1-2H3,(H,25,30)(H,26,28,31);3-11,16,19H,12-14H2,1-2H3,(H,26,27,30);2-6,11,13H,7-10,17H2,1H3,(H,18,20,22);2-4H,1H3,(H,9,10);1H4. The Kier molecular flexibility index (Phi) is 23.2. The smallest absolute Gasteiger partial charge is 0.337 e. The fourth-order valence-electron chi connectivity index (χ4n) is 12.1. The van der Waals surface area contributed by atoms with E-state index in [0.29, 0.717) is 46.3 Å². The number of nitrogens with one attached hydrogen (secondary N) is 4. The summed E-state index contributed by atoms with van der Waals surface area (Å²) in [6.07, 6.45) is 11.2. The molecule has 3 aliphatic rings. The lowest BCUT2D eigenvalue weighted by molar-refractivity contribution is 0.0695. The number of hydrogen-bond donors (Lipinski definition) is 6. The second kappa shape index (κ2) is 31.9. The number of H-pyrrole nitrogens is 3. The molecule has 3 aromatic carbocycles. The van der Waals surface area contributed by atoms with Gasteiger partial charge in [-0.05, 0) is 90.1 Å². The summed E-state index contributed by atoms with van der Waals surface area (Å²) in [5.41, 5.74) is 13.8. The number of aromatic nitrogens is 13. The minimum atomic E-state index is -0.925. The Morgan fingerprint density at radius 3 is 1.38 bits per heavy atom. The van der Waals surface area contributed by atoms with Crippen LogP contribution >= 0.6 is 0 Å². The zero-order chi connectivity index (χ0) is 65.5. The molecule has 13 rings (SSSR count). The van der Waals surface area contributed by atoms with Crippen LogP contribution in [0.3, 0.4) is 0 Å². The van der Waals surface area contributed by atoms with Crippen molar-refractivity contribution < 1.29 is 14.7 Å². The minimum Gasteiger partial charge on any atom is -0.478 e. The first kappa shape index (κ1) is 68.2. The molecular formula is C70H82N18O6. The summed E-state index contributed by atoms with van der Waals surface area (Å²) in [5, 5.41) is 32.6. The fraction of sp³-hybridized carbons (Fsp3) is 0.343. The molecule has 94 heavy (non-hydrogen) atoms. The highest BCUT2D eigenvalue weighted by Gasteiger charge is 2.36. The van der Waals surface area contributed by atoms with Crippen molar-refractivity contribution in [2.45, 2.75) is 99.4 Å². The van der Waals surface area contributed by atoms with Crippen molar-refractivity contribution >= 4 is 17.4 Å². The third kappa shape index (κ3) is 17.1. The molecule has 7 N–H and O–H groups in total. The van der Waals surface area contributed by atoms with E-state index >= 15 is 0 Å². The van der Waals surface area contributed by atoms with Crippen molar-refractivity contribution in [2.24, 2.45) is 23.5 Å². The lowest BCUT2D eigenvalue weighted by Gasteiger charge is -2.16. The summed E-state index contributed by atoms with van der Waals surface area (Å²) in [7, 11) is 0. The maximum atomic E-state index is 12.8. The average Bonchev–Trinajstić information content (AvgIpc) is 1.61. The number of carbonyl (C=O) groups is 2. The number of fused-ring (bicyclic) bond motifs is 1. The van der Waals surface area contributed by atoms with Gasteiger partial charge in [0.1, 0.15) is 28.9 Å². The maximum Gasteiger partial charge on any atom is 0.337 e. The molecule has 3 fully saturated rings. The first-order chi connectivity index (χ1) is 45.0. The van der Waals surface area contributed by atoms with Gasteiger partial charge in [0.25, 0.3) is 22.6 Å². The van der Waals surface area contributed by atoms with Gasteiger partial charge in [0, 0.05) is 126 Å². The fourth-order valence-corrected chi connectivity index (χ4v) is 12.1. The molecule has 3 saturated heterocycles. The molecule has 6 unspecified atom stereocenters. The Morgan fingerprint density at radius 1 is 0.532 bits per heavy atom. The van der Waals surface area contributed by atoms with E-state index in [1.54, 1.807) is 54.6 Å². The van der Waals surface area contributed by atoms with Crippen LogP contribution in [0.2, 0.25) is 0 Å². The molecule has 24 nitrogen and oxygen atoms in total. The van der Waals surface area contributed by atoms with E-state index in [1.807, 2.05) is 50.2 Å². The van der Waals surface area contributed by atoms with Gasteiger partial charge in [-0.25, -0.2) is 14.3 Å². The largest absolute Gasteiger partial charge is 0.478 e. The molecular weight excluding hydrogens is 1190 g/mol. The maximum absolute atomic E-state index is 12.8. The predicted molar refractivity (Wildman–Crippen MR) is 358 cm³/mol. The van der Waals surface area contributed by atoms with E-state index in [1.165, 1.54) is 29.1 Å². The topological polar surface area (TPSA) is 321 Å². The zero-order valence-electron chi connectivity index (χ0n) is 53.1. The van der Waals surface area contributed by atoms with Gasteiger partial charge in [-0.1, -0.05) is 119 Å². The number of hydrogen-bond acceptors (Lipinski definition) is 18. The molecule has 0 radical (unpaired) electrons. The van der Waals surface area contributed by atoms with Crippen LogP contribution in [-0.4, -0.2) is 136 Å². The number of likely N-dealkylation sites (tertiary alicyclic amines) is 3. The van der Waals surface area contributed by atoms with Crippen LogP contribution < -0.4 is 27.7 Å². The Labute approximate surface area is 545 Å². The van der Waals surface area contributed by atoms with Crippen LogP contribution in [0.4, 0.5) is 0 Å². The Balaban J connectivity index is 0.000000155. The molecule has 0 saturated carbocycles. The van der Waals surface area contributed by atoms with Crippen molar-refractivity contribution in [2.75, 3.05) is 39.3 Å². The quantitative estimate of drug-likeness (QED) is 0.0574. The number of carbonyl (C=O) groups excluding carboxylic acids is 1. The second-order valence-electron chi connectivity index (χ2n) is 24.2. The summed E-state index contributed by atoms with van der Waals surface area (Å²) >= 11 is 0. The Bertz CT molecular complexity index is 4340. The number of aromatic carboxylic acids is 1. The van der Waals surface area contributed by atoms with E-state index < -0.39 is 5.97 Å². The molecule has 10 heterocycles. The molecule has 3 aliphatic heterocycles. The highest BCUT2D eigenvalue weighted by molar-refractivity contribution is 5.95. The highest BCUT2D eigenvalue weighted by Crippen LogP contribution is 2.34. The van der Waals surface area contributed by atoms with Gasteiger partial charge in [-0.15, -0.1) is 20.4 Å². The van der Waals surface area contributed by atoms with Crippen molar-refractivity contribution in [1.82, 2.24) is 84.9 Å². The Morgan fingerprint density at radius 2 is 0.957 bits per heavy atom. The van der Waals surface area contributed by atoms with Crippen LogP contribution in [0.25, 0.3) is 16.9 Å². The number of pyridine rings is 3. The van der Waals surface area contributed by atoms with Crippen LogP contribution in [0.1, 0.15) is 129 Å². The minimum absolute atomic E-state index is 0. The molecule has 24 heteroatoms. The number of carboxylic acid groups (broad SMARTS) is 1. The third-order valence-electron chi connectivity index (χ3n) is 17.3. The summed E-state index contributed by atoms with van der Waals surface area (Å²) in [5.74, 6) is 3.08. The van der Waals surface area contributed by atoms with Crippen molar-refractivity contribution in [3.63, 3.8) is 0 Å². The second-order valence-corrected chi connectivity index (χ2v) is 24.2. The van der Waals surface area contributed by atoms with E-state index in [0.717, 1.165) is 87.0 Å². The lowest BCUT2D eigenvalue weighted by Crippen LogP contribution is -2.30. The van der Waals surface area contributed by atoms with Gasteiger partial charge in [-0.2, -0.15) is 5.10 Å². The Hall–Kier alpha value is -10.1. The molecule has 6 atom stereocenters. The monoisotopic (exact) mass is 1270 g/mol. The summed E-state index contributed by atoms with van der Waals surface area (Å²) < 4.78 is 1.67. The van der Waals surface area contributed by atoms with Gasteiger partial charge in [0.05, 0.1) is 23.9 Å². The first-order valence-corrected chi connectivity index (χ1v) is 31.1. The molecule has 0 aliphatic carbocycles. The number of aromatic amines is 3. The van der Waals surface area contributed by atoms with E-state index in [-0.39, 0.29) is 77.8 Å². The lowest BCUT2D eigenvalue weighted by atomic mass is 9.97. The number of benzene rings is 3. The number of carboxylic acids is 1. The first-order valence-electron chi connectivity index (χ1n) is 31.1. The SMILES string of the molecule is C.CC1CN(Cc2ccccc2)CC1c1nnc(CN)c(=O)[nH]1.Cc1ccncc1-c1ncc2c(=O)[nH]c(C3CN(Cc4ccccc4)CC3C)nn12.Cc1ccncc1C(=O)NCc1nnc(C2CN(Cc3ccccc3)CC2C)[nH]c1=O.Cc1ccncc1C(=O)O. The zero-order valence-corrected chi connectivity index (χ0v) is 53.1. The number of rotatable bonds is 15. The van der Waals surface area contributed by atoms with Gasteiger partial charge < -0.3 is 31.1 Å². The van der Waals surface area contributed by atoms with E-state index in [4.69, 9.17) is 15.9 Å². The number of nitrogens with two attached hydrogens (primary N) is 1. The molecule has 10 aromatic rings. The molecule has 488 valence electrons. The summed E-state index contributed by atoms with van der Waals surface area (Å²) in [6.45, 7) is 20.4. The predicted octanol–water partition coefficient (Wildman–Crippen LogP) is 7.64. The number of amides is 1. The van der Waals surface area contributed by atoms with Gasteiger partial charge in [0.15, 0.2) is 11.3 Å². The van der Waals surface area contributed by atoms with Crippen LogP contribution in [0.15, 0.2) is 167 Å². The molecule has 1 amide bonds. The van der Waals surface area contributed by atoms with Crippen LogP contribution in [-0.2, 0) is 32.7 Å².